The van der Waals surface area contributed by atoms with Gasteiger partial charge in [-0.25, -0.2) is 0 Å². The minimum atomic E-state index is -0.413. The van der Waals surface area contributed by atoms with E-state index in [1.165, 1.54) is 11.6 Å². The standard InChI is InChI=1S/C18H23N5O2.HI/c1-13(2)14-6-5-7-15(12-14)22-18(19)21-11-10-20-16-8-3-4-9-17(16)23(24)25;/h3-9,12-13,20H,10-11H2,1-2H3,(H3,19,21,22);1H. The van der Waals surface area contributed by atoms with Crippen molar-refractivity contribution < 1.29 is 4.92 Å². The van der Waals surface area contributed by atoms with Crippen LogP contribution in [-0.4, -0.2) is 24.0 Å². The van der Waals surface area contributed by atoms with E-state index < -0.39 is 4.92 Å². The molecule has 0 heterocycles. The van der Waals surface area contributed by atoms with Crippen LogP contribution >= 0.6 is 24.0 Å². The number of hydrogen-bond acceptors (Lipinski definition) is 4. The normalized spacial score (nSPS) is 11.0. The van der Waals surface area contributed by atoms with E-state index in [9.17, 15) is 10.1 Å². The molecule has 0 saturated carbocycles. The maximum atomic E-state index is 10.9. The molecule has 140 valence electrons. The SMILES string of the molecule is CC(C)c1cccc(NC(N)=NCCNc2ccccc2[N+](=O)[O-])c1.I. The summed E-state index contributed by atoms with van der Waals surface area (Å²) in [4.78, 5) is 14.8. The quantitative estimate of drug-likeness (QED) is 0.141. The molecule has 8 heteroatoms. The minimum Gasteiger partial charge on any atom is -0.378 e. The first-order valence-corrected chi connectivity index (χ1v) is 8.11. The van der Waals surface area contributed by atoms with Crippen LogP contribution in [0.2, 0.25) is 0 Å². The van der Waals surface area contributed by atoms with Crippen molar-refractivity contribution in [2.75, 3.05) is 23.7 Å². The number of benzene rings is 2. The second-order valence-electron chi connectivity index (χ2n) is 5.87. The zero-order valence-electron chi connectivity index (χ0n) is 14.8. The van der Waals surface area contributed by atoms with Crippen LogP contribution in [0.5, 0.6) is 0 Å². The largest absolute Gasteiger partial charge is 0.378 e. The molecule has 0 aliphatic rings. The van der Waals surface area contributed by atoms with Gasteiger partial charge in [-0.15, -0.1) is 24.0 Å². The third kappa shape index (κ3) is 6.51. The summed E-state index contributed by atoms with van der Waals surface area (Å²) in [5.74, 6) is 0.746. The highest BCUT2D eigenvalue weighted by Crippen LogP contribution is 2.22. The van der Waals surface area contributed by atoms with Crippen molar-refractivity contribution in [1.29, 1.82) is 0 Å². The molecule has 0 spiro atoms. The number of guanidine groups is 1. The molecule has 2 aromatic carbocycles. The van der Waals surface area contributed by atoms with E-state index in [0.717, 1.165) is 5.69 Å². The molecule has 0 aromatic heterocycles. The van der Waals surface area contributed by atoms with Gasteiger partial charge in [0.25, 0.3) is 5.69 Å². The Hall–Kier alpha value is -2.36. The fraction of sp³-hybridized carbons (Fsp3) is 0.278. The number of anilines is 2. The van der Waals surface area contributed by atoms with Crippen LogP contribution in [-0.2, 0) is 0 Å². The molecule has 7 nitrogen and oxygen atoms in total. The fourth-order valence-corrected chi connectivity index (χ4v) is 2.31. The van der Waals surface area contributed by atoms with Crippen LogP contribution in [0, 0.1) is 10.1 Å². The predicted octanol–water partition coefficient (Wildman–Crippen LogP) is 4.17. The van der Waals surface area contributed by atoms with Gasteiger partial charge in [-0.1, -0.05) is 38.1 Å². The van der Waals surface area contributed by atoms with E-state index in [1.807, 2.05) is 18.2 Å². The molecule has 0 fully saturated rings. The molecule has 2 rings (SSSR count). The number of nitrogens with one attached hydrogen (secondary N) is 2. The number of aliphatic imine (C=N–C) groups is 1. The molecule has 0 radical (unpaired) electrons. The number of para-hydroxylation sites is 2. The fourth-order valence-electron chi connectivity index (χ4n) is 2.31. The van der Waals surface area contributed by atoms with Gasteiger partial charge in [0.1, 0.15) is 5.69 Å². The van der Waals surface area contributed by atoms with Crippen molar-refractivity contribution >= 4 is 47.0 Å². The summed E-state index contributed by atoms with van der Waals surface area (Å²) in [6.45, 7) is 5.10. The van der Waals surface area contributed by atoms with Gasteiger partial charge >= 0.3 is 0 Å². The lowest BCUT2D eigenvalue weighted by Gasteiger charge is -2.10. The zero-order valence-corrected chi connectivity index (χ0v) is 17.1. The number of nitrogens with two attached hydrogens (primary N) is 1. The van der Waals surface area contributed by atoms with Crippen molar-refractivity contribution in [2.45, 2.75) is 19.8 Å². The number of nitro groups is 1. The number of nitro benzene ring substituents is 1. The highest BCUT2D eigenvalue weighted by molar-refractivity contribution is 14.0. The summed E-state index contributed by atoms with van der Waals surface area (Å²) in [5.41, 5.74) is 8.51. The topological polar surface area (TPSA) is 106 Å². The summed E-state index contributed by atoms with van der Waals surface area (Å²) >= 11 is 0. The Morgan fingerprint density at radius 2 is 1.96 bits per heavy atom. The molecule has 0 unspecified atom stereocenters. The molecule has 2 aromatic rings. The maximum absolute atomic E-state index is 10.9. The van der Waals surface area contributed by atoms with Crippen LogP contribution in [0.25, 0.3) is 0 Å². The van der Waals surface area contributed by atoms with Gasteiger partial charge < -0.3 is 16.4 Å². The van der Waals surface area contributed by atoms with Crippen molar-refractivity contribution in [3.05, 3.63) is 64.2 Å². The van der Waals surface area contributed by atoms with Crippen LogP contribution in [0.1, 0.15) is 25.3 Å². The third-order valence-corrected chi connectivity index (χ3v) is 3.64. The molecule has 0 aliphatic carbocycles. The molecule has 4 N–H and O–H groups in total. The minimum absolute atomic E-state index is 0. The van der Waals surface area contributed by atoms with Crippen LogP contribution < -0.4 is 16.4 Å². The van der Waals surface area contributed by atoms with E-state index in [1.54, 1.807) is 18.2 Å². The van der Waals surface area contributed by atoms with E-state index in [4.69, 9.17) is 5.73 Å². The summed E-state index contributed by atoms with van der Waals surface area (Å²) < 4.78 is 0. The Bertz CT molecular complexity index is 765. The number of nitrogens with zero attached hydrogens (tertiary/aromatic N) is 2. The van der Waals surface area contributed by atoms with Gasteiger partial charge in [-0.2, -0.15) is 0 Å². The van der Waals surface area contributed by atoms with Gasteiger partial charge in [-0.05, 0) is 29.7 Å². The lowest BCUT2D eigenvalue weighted by molar-refractivity contribution is -0.384. The van der Waals surface area contributed by atoms with E-state index >= 15 is 0 Å². The van der Waals surface area contributed by atoms with Crippen LogP contribution in [0.3, 0.4) is 0 Å². The predicted molar refractivity (Wildman–Crippen MR) is 118 cm³/mol. The Kier molecular flexibility index (Phi) is 8.83. The molecule has 0 bridgehead atoms. The maximum Gasteiger partial charge on any atom is 0.292 e. The molecule has 0 aliphatic heterocycles. The molecule has 0 saturated heterocycles. The van der Waals surface area contributed by atoms with Gasteiger partial charge in [-0.3, -0.25) is 15.1 Å². The number of rotatable bonds is 7. The second kappa shape index (κ2) is 10.6. The summed E-state index contributed by atoms with van der Waals surface area (Å²) in [6, 6.07) is 14.5. The number of halogens is 1. The molecule has 26 heavy (non-hydrogen) atoms. The number of hydrogen-bond donors (Lipinski definition) is 3. The monoisotopic (exact) mass is 469 g/mol. The molecular weight excluding hydrogens is 445 g/mol. The Labute approximate surface area is 170 Å². The molecular formula is C18H24IN5O2. The van der Waals surface area contributed by atoms with E-state index in [-0.39, 0.29) is 29.7 Å². The average Bonchev–Trinajstić information content (AvgIpc) is 2.59. The first kappa shape index (κ1) is 21.7. The van der Waals surface area contributed by atoms with E-state index in [2.05, 4.69) is 35.5 Å². The highest BCUT2D eigenvalue weighted by Gasteiger charge is 2.11. The first-order valence-electron chi connectivity index (χ1n) is 8.11. The van der Waals surface area contributed by atoms with Crippen molar-refractivity contribution in [3.8, 4) is 0 Å². The molecule has 0 amide bonds. The van der Waals surface area contributed by atoms with Crippen molar-refractivity contribution in [1.82, 2.24) is 0 Å². The summed E-state index contributed by atoms with van der Waals surface area (Å²) in [7, 11) is 0. The van der Waals surface area contributed by atoms with Crippen LogP contribution in [0.4, 0.5) is 17.1 Å². The van der Waals surface area contributed by atoms with Crippen molar-refractivity contribution in [2.24, 2.45) is 10.7 Å². The summed E-state index contributed by atoms with van der Waals surface area (Å²) in [5, 5.41) is 17.0. The lowest BCUT2D eigenvalue weighted by Crippen LogP contribution is -2.23. The smallest absolute Gasteiger partial charge is 0.292 e. The zero-order chi connectivity index (χ0) is 18.2. The lowest BCUT2D eigenvalue weighted by atomic mass is 10.0. The molecule has 0 atom stereocenters. The second-order valence-corrected chi connectivity index (χ2v) is 5.87. The first-order chi connectivity index (χ1) is 12.0. The van der Waals surface area contributed by atoms with Crippen molar-refractivity contribution in [3.63, 3.8) is 0 Å². The Balaban J connectivity index is 0.00000338. The highest BCUT2D eigenvalue weighted by atomic mass is 127. The van der Waals surface area contributed by atoms with Gasteiger partial charge in [0, 0.05) is 18.3 Å². The Morgan fingerprint density at radius 3 is 2.65 bits per heavy atom. The van der Waals surface area contributed by atoms with Gasteiger partial charge in [0.05, 0.1) is 11.5 Å². The van der Waals surface area contributed by atoms with E-state index in [0.29, 0.717) is 30.7 Å². The van der Waals surface area contributed by atoms with Crippen LogP contribution in [0.15, 0.2) is 53.5 Å². The summed E-state index contributed by atoms with van der Waals surface area (Å²) in [6.07, 6.45) is 0. The average molecular weight is 469 g/mol. The van der Waals surface area contributed by atoms with Gasteiger partial charge in [0.2, 0.25) is 0 Å². The van der Waals surface area contributed by atoms with Gasteiger partial charge in [0.15, 0.2) is 5.96 Å². The Morgan fingerprint density at radius 1 is 1.23 bits per heavy atom. The third-order valence-electron chi connectivity index (χ3n) is 3.64.